The van der Waals surface area contributed by atoms with Gasteiger partial charge in [-0.05, 0) is 61.9 Å². The number of carbonyl (C=O) groups is 1. The van der Waals surface area contributed by atoms with Crippen LogP contribution in [0.15, 0.2) is 36.5 Å². The van der Waals surface area contributed by atoms with Crippen molar-refractivity contribution in [2.24, 2.45) is 5.92 Å². The van der Waals surface area contributed by atoms with Crippen LogP contribution < -0.4 is 10.1 Å². The molecule has 0 aliphatic heterocycles. The van der Waals surface area contributed by atoms with E-state index in [0.717, 1.165) is 27.7 Å². The van der Waals surface area contributed by atoms with Gasteiger partial charge in [0.2, 0.25) is 5.88 Å². The van der Waals surface area contributed by atoms with Gasteiger partial charge in [-0.2, -0.15) is 0 Å². The largest absolute Gasteiger partial charge is 0.481 e. The van der Waals surface area contributed by atoms with Crippen molar-refractivity contribution in [3.63, 3.8) is 0 Å². The van der Waals surface area contributed by atoms with Crippen LogP contribution in [0, 0.1) is 19.8 Å². The molecule has 6 nitrogen and oxygen atoms in total. The first kappa shape index (κ1) is 18.5. The number of rotatable bonds is 5. The molecule has 4 rings (SSSR count). The average molecular weight is 379 g/mol. The quantitative estimate of drug-likeness (QED) is 0.634. The van der Waals surface area contributed by atoms with Gasteiger partial charge in [-0.25, -0.2) is 4.98 Å². The number of aryl methyl sites for hydroxylation is 2. The van der Waals surface area contributed by atoms with Crippen molar-refractivity contribution >= 4 is 16.8 Å². The van der Waals surface area contributed by atoms with E-state index in [2.05, 4.69) is 22.2 Å². The summed E-state index contributed by atoms with van der Waals surface area (Å²) < 4.78 is 5.13. The van der Waals surface area contributed by atoms with Gasteiger partial charge in [0.05, 0.1) is 19.3 Å². The highest BCUT2D eigenvalue weighted by atomic mass is 16.5. The number of pyridine rings is 1. The van der Waals surface area contributed by atoms with Gasteiger partial charge in [-0.15, -0.1) is 0 Å². The molecular weight excluding hydrogens is 354 g/mol. The zero-order chi connectivity index (χ0) is 19.8. The smallest absolute Gasteiger partial charge is 0.251 e. The molecule has 28 heavy (non-hydrogen) atoms. The van der Waals surface area contributed by atoms with Gasteiger partial charge in [-0.1, -0.05) is 6.07 Å². The van der Waals surface area contributed by atoms with Gasteiger partial charge in [0.25, 0.3) is 5.91 Å². The van der Waals surface area contributed by atoms with E-state index in [1.165, 1.54) is 0 Å². The highest BCUT2D eigenvalue weighted by molar-refractivity contribution is 5.99. The molecule has 3 N–H and O–H groups in total. The van der Waals surface area contributed by atoms with Crippen LogP contribution in [0.3, 0.4) is 0 Å². The van der Waals surface area contributed by atoms with Crippen LogP contribution >= 0.6 is 0 Å². The lowest BCUT2D eigenvalue weighted by molar-refractivity contribution is 0.0234. The number of nitrogens with zero attached hydrogens (tertiary/aromatic N) is 1. The second kappa shape index (κ2) is 7.28. The Hall–Kier alpha value is -2.86. The summed E-state index contributed by atoms with van der Waals surface area (Å²) in [5, 5.41) is 14.0. The zero-order valence-electron chi connectivity index (χ0n) is 16.3. The van der Waals surface area contributed by atoms with Gasteiger partial charge in [0.15, 0.2) is 0 Å². The summed E-state index contributed by atoms with van der Waals surface area (Å²) in [4.78, 5) is 20.6. The molecule has 0 radical (unpaired) electrons. The SMILES string of the molecule is COc1ccc([C@@H](NC(=O)c2ccc3[nH]c(C)c(C)c3c2)C2CC(O)C2)cn1. The van der Waals surface area contributed by atoms with Gasteiger partial charge in [0, 0.05) is 34.4 Å². The van der Waals surface area contributed by atoms with Gasteiger partial charge in [-0.3, -0.25) is 4.79 Å². The van der Waals surface area contributed by atoms with Crippen molar-refractivity contribution < 1.29 is 14.6 Å². The predicted molar refractivity (Wildman–Crippen MR) is 107 cm³/mol. The Morgan fingerprint density at radius 3 is 2.71 bits per heavy atom. The van der Waals surface area contributed by atoms with Crippen LogP contribution in [-0.4, -0.2) is 34.2 Å². The molecule has 2 heterocycles. The fourth-order valence-electron chi connectivity index (χ4n) is 3.90. The average Bonchev–Trinajstić information content (AvgIpc) is 2.97. The number of amides is 1. The van der Waals surface area contributed by atoms with E-state index in [-0.39, 0.29) is 24.0 Å². The number of nitrogens with one attached hydrogen (secondary N) is 2. The third-order valence-electron chi connectivity index (χ3n) is 5.81. The fraction of sp³-hybridized carbons (Fsp3) is 0.364. The van der Waals surface area contributed by atoms with Crippen LogP contribution in [0.25, 0.3) is 10.9 Å². The lowest BCUT2D eigenvalue weighted by atomic mass is 9.75. The minimum atomic E-state index is -0.294. The van der Waals surface area contributed by atoms with Crippen LogP contribution in [-0.2, 0) is 0 Å². The monoisotopic (exact) mass is 379 g/mol. The standard InChI is InChI=1S/C22H25N3O3/c1-12-13(2)24-19-6-4-14(10-18(12)19)22(27)25-21(16-8-17(26)9-16)15-5-7-20(28-3)23-11-15/h4-7,10-11,16-17,21,24,26H,8-9H2,1-3H3,(H,25,27)/t16?,17?,21-/m1/s1. The minimum absolute atomic E-state index is 0.123. The molecule has 1 aliphatic carbocycles. The third-order valence-corrected chi connectivity index (χ3v) is 5.81. The lowest BCUT2D eigenvalue weighted by Crippen LogP contribution is -2.41. The Labute approximate surface area is 163 Å². The Balaban J connectivity index is 1.60. The summed E-state index contributed by atoms with van der Waals surface area (Å²) in [5.41, 5.74) is 4.84. The van der Waals surface area contributed by atoms with E-state index in [9.17, 15) is 9.90 Å². The summed E-state index contributed by atoms with van der Waals surface area (Å²) in [5.74, 6) is 0.600. The number of hydrogen-bond donors (Lipinski definition) is 3. The van der Waals surface area contributed by atoms with Crippen molar-refractivity contribution in [2.75, 3.05) is 7.11 Å². The normalized spacial score (nSPS) is 19.9. The van der Waals surface area contributed by atoms with Crippen LogP contribution in [0.4, 0.5) is 0 Å². The molecule has 1 atom stereocenters. The number of aromatic nitrogens is 2. The van der Waals surface area contributed by atoms with E-state index in [1.54, 1.807) is 19.4 Å². The molecule has 1 saturated carbocycles. The Bertz CT molecular complexity index is 1000. The number of ether oxygens (including phenoxy) is 1. The number of hydrogen-bond acceptors (Lipinski definition) is 4. The van der Waals surface area contributed by atoms with E-state index >= 15 is 0 Å². The maximum Gasteiger partial charge on any atom is 0.251 e. The first-order valence-corrected chi connectivity index (χ1v) is 9.54. The molecule has 0 spiro atoms. The molecule has 146 valence electrons. The van der Waals surface area contributed by atoms with Crippen molar-refractivity contribution in [3.05, 3.63) is 58.9 Å². The highest BCUT2D eigenvalue weighted by Gasteiger charge is 2.36. The molecule has 0 saturated heterocycles. The summed E-state index contributed by atoms with van der Waals surface area (Å²) in [6.07, 6.45) is 2.78. The first-order chi connectivity index (χ1) is 13.5. The maximum absolute atomic E-state index is 13.0. The Morgan fingerprint density at radius 2 is 2.07 bits per heavy atom. The van der Waals surface area contributed by atoms with E-state index < -0.39 is 0 Å². The molecule has 1 amide bonds. The lowest BCUT2D eigenvalue weighted by Gasteiger charge is -2.38. The zero-order valence-corrected chi connectivity index (χ0v) is 16.3. The molecule has 0 bridgehead atoms. The number of aliphatic hydroxyl groups excluding tert-OH is 1. The van der Waals surface area contributed by atoms with Crippen molar-refractivity contribution in [1.82, 2.24) is 15.3 Å². The van der Waals surface area contributed by atoms with Crippen LogP contribution in [0.5, 0.6) is 5.88 Å². The summed E-state index contributed by atoms with van der Waals surface area (Å²) in [7, 11) is 1.57. The van der Waals surface area contributed by atoms with E-state index in [1.807, 2.05) is 31.2 Å². The van der Waals surface area contributed by atoms with Crippen molar-refractivity contribution in [1.29, 1.82) is 0 Å². The third kappa shape index (κ3) is 3.36. The topological polar surface area (TPSA) is 87.2 Å². The minimum Gasteiger partial charge on any atom is -0.481 e. The molecule has 1 aliphatic rings. The Kier molecular flexibility index (Phi) is 4.81. The fourth-order valence-corrected chi connectivity index (χ4v) is 3.90. The van der Waals surface area contributed by atoms with Crippen molar-refractivity contribution in [3.8, 4) is 5.88 Å². The molecule has 2 aromatic heterocycles. The predicted octanol–water partition coefficient (Wildman–Crippen LogP) is 3.43. The number of carbonyl (C=O) groups excluding carboxylic acids is 1. The second-order valence-electron chi connectivity index (χ2n) is 7.61. The molecule has 1 fully saturated rings. The Morgan fingerprint density at radius 1 is 1.29 bits per heavy atom. The van der Waals surface area contributed by atoms with E-state index in [4.69, 9.17) is 4.74 Å². The number of aliphatic hydroxyl groups is 1. The molecular formula is C22H25N3O3. The number of fused-ring (bicyclic) bond motifs is 1. The molecule has 1 aromatic carbocycles. The van der Waals surface area contributed by atoms with Crippen LogP contribution in [0.2, 0.25) is 0 Å². The highest BCUT2D eigenvalue weighted by Crippen LogP contribution is 2.38. The molecule has 0 unspecified atom stereocenters. The molecule has 3 aromatic rings. The number of aromatic amines is 1. The molecule has 6 heteroatoms. The van der Waals surface area contributed by atoms with Gasteiger partial charge < -0.3 is 20.1 Å². The number of H-pyrrole nitrogens is 1. The van der Waals surface area contributed by atoms with E-state index in [0.29, 0.717) is 24.3 Å². The second-order valence-corrected chi connectivity index (χ2v) is 7.61. The number of benzene rings is 1. The first-order valence-electron chi connectivity index (χ1n) is 9.54. The number of methoxy groups -OCH3 is 1. The van der Waals surface area contributed by atoms with Gasteiger partial charge >= 0.3 is 0 Å². The summed E-state index contributed by atoms with van der Waals surface area (Å²) in [6.45, 7) is 4.08. The van der Waals surface area contributed by atoms with Crippen molar-refractivity contribution in [2.45, 2.75) is 38.8 Å². The maximum atomic E-state index is 13.0. The summed E-state index contributed by atoms with van der Waals surface area (Å²) in [6, 6.07) is 9.24. The van der Waals surface area contributed by atoms with Gasteiger partial charge in [0.1, 0.15) is 0 Å². The summed E-state index contributed by atoms with van der Waals surface area (Å²) >= 11 is 0. The van der Waals surface area contributed by atoms with Crippen LogP contribution in [0.1, 0.15) is 46.1 Å².